The van der Waals surface area contributed by atoms with Gasteiger partial charge < -0.3 is 24.8 Å². The average Bonchev–Trinajstić information content (AvgIpc) is 2.65. The van der Waals surface area contributed by atoms with Gasteiger partial charge in [-0.05, 0) is 25.7 Å². The lowest BCUT2D eigenvalue weighted by Crippen LogP contribution is -2.55. The van der Waals surface area contributed by atoms with Crippen molar-refractivity contribution in [3.05, 3.63) is 12.2 Å². The third-order valence-corrected chi connectivity index (χ3v) is 4.97. The van der Waals surface area contributed by atoms with Gasteiger partial charge in [0.05, 0.1) is 13.2 Å². The molecular formula is C21H40O5. The van der Waals surface area contributed by atoms with Gasteiger partial charge in [-0.3, -0.25) is 0 Å². The zero-order valence-electron chi connectivity index (χ0n) is 16.5. The monoisotopic (exact) mass is 372 g/mol. The lowest BCUT2D eigenvalue weighted by Gasteiger charge is -2.37. The summed E-state index contributed by atoms with van der Waals surface area (Å²) < 4.78 is 11.0. The number of hydrogen-bond acceptors (Lipinski definition) is 5. The van der Waals surface area contributed by atoms with Crippen LogP contribution in [0.4, 0.5) is 0 Å². The number of aliphatic hydroxyl groups is 3. The van der Waals surface area contributed by atoms with E-state index in [-0.39, 0.29) is 13.2 Å². The highest BCUT2D eigenvalue weighted by atomic mass is 16.6. The summed E-state index contributed by atoms with van der Waals surface area (Å²) in [6.45, 7) is 2.59. The maximum Gasteiger partial charge on any atom is 0.114 e. The molecule has 0 aromatic heterocycles. The summed E-state index contributed by atoms with van der Waals surface area (Å²) in [6.07, 6.45) is 14.9. The molecule has 0 aromatic carbocycles. The fraction of sp³-hybridized carbons (Fsp3) is 0.905. The van der Waals surface area contributed by atoms with Crippen LogP contribution in [-0.4, -0.2) is 59.6 Å². The summed E-state index contributed by atoms with van der Waals surface area (Å²) >= 11 is 0. The van der Waals surface area contributed by atoms with Crippen LogP contribution in [0, 0.1) is 0 Å². The van der Waals surface area contributed by atoms with Crippen molar-refractivity contribution in [2.45, 2.75) is 102 Å². The lowest BCUT2D eigenvalue weighted by molar-refractivity contribution is -0.211. The molecular weight excluding hydrogens is 332 g/mol. The van der Waals surface area contributed by atoms with Gasteiger partial charge in [0.1, 0.15) is 24.4 Å². The molecule has 1 rings (SSSR count). The van der Waals surface area contributed by atoms with Crippen LogP contribution in [0.5, 0.6) is 0 Å². The van der Waals surface area contributed by atoms with Gasteiger partial charge in [0.15, 0.2) is 0 Å². The van der Waals surface area contributed by atoms with E-state index < -0.39 is 24.4 Å². The number of rotatable bonds is 15. The Kier molecular flexibility index (Phi) is 14.1. The molecule has 154 valence electrons. The van der Waals surface area contributed by atoms with E-state index in [2.05, 4.69) is 19.1 Å². The minimum atomic E-state index is -0.989. The van der Waals surface area contributed by atoms with E-state index >= 15 is 0 Å². The van der Waals surface area contributed by atoms with E-state index in [1.165, 1.54) is 57.8 Å². The molecule has 1 fully saturated rings. The van der Waals surface area contributed by atoms with E-state index in [9.17, 15) is 15.3 Å². The van der Waals surface area contributed by atoms with Crippen molar-refractivity contribution in [3.63, 3.8) is 0 Å². The second-order valence-electron chi connectivity index (χ2n) is 7.32. The Morgan fingerprint density at radius 2 is 1.54 bits per heavy atom. The van der Waals surface area contributed by atoms with Gasteiger partial charge in [-0.25, -0.2) is 0 Å². The Bertz CT molecular complexity index is 345. The number of allylic oxidation sites excluding steroid dienone is 2. The van der Waals surface area contributed by atoms with E-state index in [1.54, 1.807) is 0 Å². The molecule has 0 spiro atoms. The molecule has 0 unspecified atom stereocenters. The zero-order chi connectivity index (χ0) is 19.0. The highest BCUT2D eigenvalue weighted by Crippen LogP contribution is 2.19. The molecule has 26 heavy (non-hydrogen) atoms. The highest BCUT2D eigenvalue weighted by molar-refractivity contribution is 4.87. The number of hydrogen-bond donors (Lipinski definition) is 3. The largest absolute Gasteiger partial charge is 0.394 e. The minimum absolute atomic E-state index is 0.0424. The van der Waals surface area contributed by atoms with Gasteiger partial charge in [0, 0.05) is 6.61 Å². The van der Waals surface area contributed by atoms with Gasteiger partial charge >= 0.3 is 0 Å². The van der Waals surface area contributed by atoms with E-state index in [1.807, 2.05) is 0 Å². The third kappa shape index (κ3) is 10.0. The summed E-state index contributed by atoms with van der Waals surface area (Å²) in [5.41, 5.74) is 0. The highest BCUT2D eigenvalue weighted by Gasteiger charge is 2.39. The first-order valence-corrected chi connectivity index (χ1v) is 10.6. The molecule has 0 aromatic rings. The third-order valence-electron chi connectivity index (χ3n) is 4.97. The maximum atomic E-state index is 9.97. The van der Waals surface area contributed by atoms with Crippen molar-refractivity contribution < 1.29 is 24.8 Å². The molecule has 0 saturated carbocycles. The Morgan fingerprint density at radius 3 is 2.19 bits per heavy atom. The Labute approximate surface area is 159 Å². The van der Waals surface area contributed by atoms with E-state index in [0.29, 0.717) is 6.61 Å². The van der Waals surface area contributed by atoms with E-state index in [4.69, 9.17) is 9.47 Å². The number of unbranched alkanes of at least 4 members (excludes halogenated alkanes) is 9. The summed E-state index contributed by atoms with van der Waals surface area (Å²) in [7, 11) is 0. The Hall–Kier alpha value is -0.460. The molecule has 0 aliphatic carbocycles. The fourth-order valence-electron chi connectivity index (χ4n) is 3.24. The molecule has 1 aliphatic heterocycles. The molecule has 5 nitrogen and oxygen atoms in total. The molecule has 0 bridgehead atoms. The van der Waals surface area contributed by atoms with Gasteiger partial charge in [-0.1, -0.05) is 64.0 Å². The first-order chi connectivity index (χ1) is 12.7. The first-order valence-electron chi connectivity index (χ1n) is 10.6. The lowest BCUT2D eigenvalue weighted by atomic mass is 10.0. The van der Waals surface area contributed by atoms with Crippen LogP contribution < -0.4 is 0 Å². The molecule has 3 N–H and O–H groups in total. The summed E-state index contributed by atoms with van der Waals surface area (Å²) in [6, 6.07) is 0. The topological polar surface area (TPSA) is 79.2 Å². The van der Waals surface area contributed by atoms with Crippen molar-refractivity contribution in [3.8, 4) is 0 Å². The van der Waals surface area contributed by atoms with Crippen LogP contribution in [0.1, 0.15) is 77.6 Å². The zero-order valence-corrected chi connectivity index (χ0v) is 16.5. The van der Waals surface area contributed by atoms with E-state index in [0.717, 1.165) is 12.8 Å². The van der Waals surface area contributed by atoms with Crippen LogP contribution in [0.2, 0.25) is 0 Å². The predicted octanol–water partition coefficient (Wildman–Crippen LogP) is 3.35. The fourth-order valence-corrected chi connectivity index (χ4v) is 3.24. The smallest absolute Gasteiger partial charge is 0.114 e. The van der Waals surface area contributed by atoms with Crippen LogP contribution in [-0.2, 0) is 9.47 Å². The second-order valence-corrected chi connectivity index (χ2v) is 7.32. The van der Waals surface area contributed by atoms with Crippen LogP contribution in [0.3, 0.4) is 0 Å². The van der Waals surface area contributed by atoms with Crippen LogP contribution in [0.25, 0.3) is 0 Å². The minimum Gasteiger partial charge on any atom is -0.394 e. The maximum absolute atomic E-state index is 9.97. The second kappa shape index (κ2) is 15.6. The van der Waals surface area contributed by atoms with Crippen molar-refractivity contribution in [1.82, 2.24) is 0 Å². The summed E-state index contributed by atoms with van der Waals surface area (Å²) in [5, 5.41) is 28.9. The van der Waals surface area contributed by atoms with Crippen molar-refractivity contribution in [1.29, 1.82) is 0 Å². The number of ether oxygens (including phenoxy) is 2. The normalized spacial score (nSPS) is 26.6. The first kappa shape index (κ1) is 23.6. The molecule has 0 amide bonds. The molecule has 4 atom stereocenters. The average molecular weight is 373 g/mol. The summed E-state index contributed by atoms with van der Waals surface area (Å²) in [4.78, 5) is 0. The molecule has 5 heteroatoms. The Balaban J connectivity index is 1.93. The quantitative estimate of drug-likeness (QED) is 0.303. The van der Waals surface area contributed by atoms with Gasteiger partial charge in [0.2, 0.25) is 0 Å². The van der Waals surface area contributed by atoms with Gasteiger partial charge in [-0.15, -0.1) is 0 Å². The van der Waals surface area contributed by atoms with Gasteiger partial charge in [0.25, 0.3) is 0 Å². The SMILES string of the molecule is CCCC/C=C/CCCCCCCCCO[C@@H]1[C@@H](O)[C@H](O)CO[C@H]1CO. The summed E-state index contributed by atoms with van der Waals surface area (Å²) in [5.74, 6) is 0. The van der Waals surface area contributed by atoms with Gasteiger partial charge in [-0.2, -0.15) is 0 Å². The Morgan fingerprint density at radius 1 is 0.923 bits per heavy atom. The predicted molar refractivity (Wildman–Crippen MR) is 104 cm³/mol. The molecule has 1 saturated heterocycles. The van der Waals surface area contributed by atoms with Crippen molar-refractivity contribution in [2.75, 3.05) is 19.8 Å². The molecule has 0 radical (unpaired) electrons. The molecule has 1 aliphatic rings. The standard InChI is InChI=1S/C21H40O5/c1-2-3-4-5-6-7-8-9-10-11-12-13-14-15-25-21-19(16-22)26-17-18(23)20(21)24/h5-6,18-24H,2-4,7-17H2,1H3/b6-5+/t18-,19+,20+,21+/m1/s1. The number of aliphatic hydroxyl groups excluding tert-OH is 3. The van der Waals surface area contributed by atoms with Crippen molar-refractivity contribution >= 4 is 0 Å². The van der Waals surface area contributed by atoms with Crippen LogP contribution >= 0.6 is 0 Å². The van der Waals surface area contributed by atoms with Crippen LogP contribution in [0.15, 0.2) is 12.2 Å². The molecule has 1 heterocycles. The van der Waals surface area contributed by atoms with Crippen molar-refractivity contribution in [2.24, 2.45) is 0 Å².